The molecule has 0 bridgehead atoms. The minimum Gasteiger partial charge on any atom is -0.290 e. The van der Waals surface area contributed by atoms with Crippen LogP contribution in [0.25, 0.3) is 32.7 Å². The van der Waals surface area contributed by atoms with Crippen LogP contribution in [-0.4, -0.2) is 14.2 Å². The zero-order chi connectivity index (χ0) is 26.8. The maximum atomic E-state index is 14.4. The molecule has 3 aromatic heterocycles. The van der Waals surface area contributed by atoms with Crippen LogP contribution >= 0.6 is 90.4 Å². The molecular weight excluding hydrogens is 771 g/mol. The van der Waals surface area contributed by atoms with Crippen molar-refractivity contribution >= 4 is 123 Å². The molecule has 194 valence electrons. The van der Waals surface area contributed by atoms with Crippen molar-refractivity contribution in [3.05, 3.63) is 102 Å². The summed E-state index contributed by atoms with van der Waals surface area (Å²) in [6.07, 6.45) is 4.79. The summed E-state index contributed by atoms with van der Waals surface area (Å²) >= 11 is 29.2. The molecule has 0 aliphatic heterocycles. The average Bonchev–Trinajstić information content (AvgIpc) is 3.59. The molecule has 0 radical (unpaired) electrons. The van der Waals surface area contributed by atoms with Crippen molar-refractivity contribution in [3.8, 4) is 0 Å². The van der Waals surface area contributed by atoms with E-state index in [1.54, 1.807) is 73.2 Å². The zero-order valence-corrected chi connectivity index (χ0v) is 26.5. The molecular formula is C24H12Br3Cl3N3O4P. The largest absolute Gasteiger partial charge is 0.705 e. The summed E-state index contributed by atoms with van der Waals surface area (Å²) in [4.78, 5) is 0. The van der Waals surface area contributed by atoms with Gasteiger partial charge in [0, 0.05) is 48.2 Å². The van der Waals surface area contributed by atoms with E-state index in [0.29, 0.717) is 45.0 Å². The van der Waals surface area contributed by atoms with E-state index in [4.69, 9.17) is 48.7 Å². The van der Waals surface area contributed by atoms with Crippen molar-refractivity contribution in [1.82, 2.24) is 14.2 Å². The smallest absolute Gasteiger partial charge is 0.290 e. The van der Waals surface area contributed by atoms with Gasteiger partial charge < -0.3 is 0 Å². The van der Waals surface area contributed by atoms with Crippen LogP contribution in [0, 0.1) is 0 Å². The first-order chi connectivity index (χ1) is 18.1. The van der Waals surface area contributed by atoms with Crippen LogP contribution in [0.4, 0.5) is 0 Å². The summed E-state index contributed by atoms with van der Waals surface area (Å²) in [5.41, 5.74) is 1.77. The van der Waals surface area contributed by atoms with Crippen LogP contribution in [0.15, 0.2) is 86.6 Å². The van der Waals surface area contributed by atoms with E-state index in [1.165, 1.54) is 14.2 Å². The van der Waals surface area contributed by atoms with Crippen LogP contribution in [0.1, 0.15) is 0 Å². The third-order valence-corrected chi connectivity index (χ3v) is 11.1. The molecule has 6 rings (SSSR count). The SMILES string of the molecule is O=P(On1ccc2c(Br)c(Cl)ccc21)(On1ccc2c(Br)c(Cl)ccc21)On1ccc2c(Br)c(Cl)ccc21. The fourth-order valence-corrected chi connectivity index (χ4v) is 7.03. The lowest BCUT2D eigenvalue weighted by atomic mass is 10.2. The summed E-state index contributed by atoms with van der Waals surface area (Å²) in [5.74, 6) is 0. The van der Waals surface area contributed by atoms with Crippen molar-refractivity contribution in [2.75, 3.05) is 0 Å². The Labute approximate surface area is 255 Å². The van der Waals surface area contributed by atoms with Gasteiger partial charge >= 0.3 is 7.82 Å². The maximum Gasteiger partial charge on any atom is 0.705 e. The Morgan fingerprint density at radius 3 is 1.11 bits per heavy atom. The Balaban J connectivity index is 1.46. The number of benzene rings is 3. The average molecular weight is 783 g/mol. The molecule has 38 heavy (non-hydrogen) atoms. The highest BCUT2D eigenvalue weighted by atomic mass is 79.9. The van der Waals surface area contributed by atoms with Gasteiger partial charge in [-0.1, -0.05) is 34.8 Å². The van der Waals surface area contributed by atoms with E-state index in [9.17, 15) is 4.57 Å². The lowest BCUT2D eigenvalue weighted by molar-refractivity contribution is 0.0989. The Hall–Kier alpha value is -1.78. The van der Waals surface area contributed by atoms with Gasteiger partial charge in [0.1, 0.15) is 0 Å². The zero-order valence-electron chi connectivity index (χ0n) is 18.6. The van der Waals surface area contributed by atoms with Crippen molar-refractivity contribution < 1.29 is 18.4 Å². The van der Waals surface area contributed by atoms with Gasteiger partial charge in [0.25, 0.3) is 0 Å². The predicted molar refractivity (Wildman–Crippen MR) is 161 cm³/mol. The molecule has 3 heterocycles. The van der Waals surface area contributed by atoms with E-state index >= 15 is 0 Å². The highest BCUT2D eigenvalue weighted by Gasteiger charge is 2.37. The summed E-state index contributed by atoms with van der Waals surface area (Å²) in [6.45, 7) is 0. The molecule has 3 aromatic carbocycles. The Bertz CT molecular complexity index is 1720. The van der Waals surface area contributed by atoms with Crippen LogP contribution < -0.4 is 13.9 Å². The number of phosphoric acid groups is 1. The van der Waals surface area contributed by atoms with Gasteiger partial charge in [-0.2, -0.15) is 18.8 Å². The first-order valence-corrected chi connectivity index (χ1v) is 15.7. The predicted octanol–water partition coefficient (Wildman–Crippen LogP) is 9.59. The van der Waals surface area contributed by atoms with E-state index in [0.717, 1.165) is 16.2 Å². The lowest BCUT2D eigenvalue weighted by Gasteiger charge is -2.20. The molecule has 0 N–H and O–H groups in total. The summed E-state index contributed by atoms with van der Waals surface area (Å²) in [7, 11) is -4.44. The molecule has 6 aromatic rings. The molecule has 0 atom stereocenters. The Morgan fingerprint density at radius 2 is 0.816 bits per heavy atom. The van der Waals surface area contributed by atoms with Crippen LogP contribution in [0.3, 0.4) is 0 Å². The van der Waals surface area contributed by atoms with Crippen molar-refractivity contribution in [2.45, 2.75) is 0 Å². The first-order valence-electron chi connectivity index (χ1n) is 10.7. The molecule has 0 unspecified atom stereocenters. The molecule has 14 heteroatoms. The van der Waals surface area contributed by atoms with Crippen LogP contribution in [0.5, 0.6) is 0 Å². The third kappa shape index (κ3) is 4.54. The number of hydrogen-bond acceptors (Lipinski definition) is 4. The van der Waals surface area contributed by atoms with Crippen molar-refractivity contribution in [2.24, 2.45) is 0 Å². The summed E-state index contributed by atoms with van der Waals surface area (Å²) in [6, 6.07) is 15.6. The van der Waals surface area contributed by atoms with E-state index in [-0.39, 0.29) is 0 Å². The van der Waals surface area contributed by atoms with Gasteiger partial charge in [0.05, 0.1) is 31.6 Å². The number of fused-ring (bicyclic) bond motifs is 3. The van der Waals surface area contributed by atoms with Crippen LogP contribution in [0.2, 0.25) is 15.1 Å². The molecule has 0 aliphatic carbocycles. The van der Waals surface area contributed by atoms with Crippen LogP contribution in [-0.2, 0) is 4.57 Å². The third-order valence-electron chi connectivity index (χ3n) is 5.73. The van der Waals surface area contributed by atoms with Crippen molar-refractivity contribution in [3.63, 3.8) is 0 Å². The van der Waals surface area contributed by atoms with Gasteiger partial charge in [0.2, 0.25) is 0 Å². The second kappa shape index (κ2) is 10.0. The normalized spacial score (nSPS) is 12.1. The molecule has 7 nitrogen and oxygen atoms in total. The Kier molecular flexibility index (Phi) is 6.96. The molecule has 0 amide bonds. The van der Waals surface area contributed by atoms with Gasteiger partial charge in [-0.15, -0.1) is 0 Å². The highest BCUT2D eigenvalue weighted by molar-refractivity contribution is 9.11. The topological polar surface area (TPSA) is 59.6 Å². The molecule has 0 spiro atoms. The molecule has 0 saturated carbocycles. The van der Waals surface area contributed by atoms with Gasteiger partial charge in [-0.3, -0.25) is 13.9 Å². The van der Waals surface area contributed by atoms with Gasteiger partial charge in [0.15, 0.2) is 0 Å². The second-order valence-corrected chi connectivity index (χ2v) is 13.0. The standard InChI is InChI=1S/C24H12Br3Cl3N3O4P/c25-22-13-7-10-31(19(13)4-1-16(22)28)35-38(34,36-32-11-8-14-20(32)5-2-17(29)23(14)26)37-33-12-9-15-21(33)6-3-18(30)24(15)27/h1-12H. The van der Waals surface area contributed by atoms with Gasteiger partial charge in [-0.25, -0.2) is 0 Å². The van der Waals surface area contributed by atoms with E-state index in [1.807, 2.05) is 0 Å². The second-order valence-electron chi connectivity index (χ2n) is 8.00. The maximum absolute atomic E-state index is 14.4. The quantitative estimate of drug-likeness (QED) is 0.158. The van der Waals surface area contributed by atoms with Crippen molar-refractivity contribution in [1.29, 1.82) is 0 Å². The van der Waals surface area contributed by atoms with Gasteiger partial charge in [-0.05, 0) is 102 Å². The lowest BCUT2D eigenvalue weighted by Crippen LogP contribution is -2.24. The number of hydrogen-bond donors (Lipinski definition) is 0. The number of aromatic nitrogens is 3. The minimum absolute atomic E-state index is 0.525. The first kappa shape index (κ1) is 26.4. The monoisotopic (exact) mass is 779 g/mol. The fraction of sp³-hybridized carbons (Fsp3) is 0. The molecule has 0 fully saturated rings. The minimum atomic E-state index is -4.44. The van der Waals surface area contributed by atoms with E-state index in [2.05, 4.69) is 47.8 Å². The highest BCUT2D eigenvalue weighted by Crippen LogP contribution is 2.44. The number of halogens is 6. The summed E-state index contributed by atoms with van der Waals surface area (Å²) < 4.78 is 38.2. The summed E-state index contributed by atoms with van der Waals surface area (Å²) in [5, 5.41) is 3.82. The molecule has 0 saturated heterocycles. The number of nitrogens with zero attached hydrogens (tertiary/aromatic N) is 3. The van der Waals surface area contributed by atoms with E-state index < -0.39 is 7.82 Å². The molecule has 0 aliphatic rings. The number of rotatable bonds is 6. The fourth-order valence-electron chi connectivity index (χ4n) is 3.97. The Morgan fingerprint density at radius 1 is 0.526 bits per heavy atom.